The molecular formula is C16H15ClFNO. The molecular weight excluding hydrogens is 277 g/mol. The van der Waals surface area contributed by atoms with Gasteiger partial charge in [0.05, 0.1) is 0 Å². The van der Waals surface area contributed by atoms with Crippen molar-refractivity contribution in [2.45, 2.75) is 25.5 Å². The minimum absolute atomic E-state index is 0.132. The van der Waals surface area contributed by atoms with Crippen LogP contribution in [0.2, 0.25) is 5.02 Å². The first-order chi connectivity index (χ1) is 9.54. The van der Waals surface area contributed by atoms with Crippen molar-refractivity contribution in [1.29, 1.82) is 0 Å². The summed E-state index contributed by atoms with van der Waals surface area (Å²) >= 11 is 5.98. The van der Waals surface area contributed by atoms with Crippen LogP contribution in [0, 0.1) is 12.7 Å². The Hall–Kier alpha value is -1.58. The third kappa shape index (κ3) is 2.39. The summed E-state index contributed by atoms with van der Waals surface area (Å²) in [6.07, 6.45) is 0.497. The molecule has 2 aromatic carbocycles. The maximum absolute atomic E-state index is 13.3. The van der Waals surface area contributed by atoms with Crippen molar-refractivity contribution in [1.82, 2.24) is 0 Å². The van der Waals surface area contributed by atoms with E-state index in [4.69, 9.17) is 22.1 Å². The molecule has 2 atom stereocenters. The Kier molecular flexibility index (Phi) is 3.40. The van der Waals surface area contributed by atoms with Gasteiger partial charge in [-0.15, -0.1) is 0 Å². The average Bonchev–Trinajstić information content (AvgIpc) is 2.42. The summed E-state index contributed by atoms with van der Waals surface area (Å²) in [4.78, 5) is 0. The Balaban J connectivity index is 1.94. The van der Waals surface area contributed by atoms with Crippen molar-refractivity contribution in [2.24, 2.45) is 5.73 Å². The third-order valence-electron chi connectivity index (χ3n) is 3.66. The van der Waals surface area contributed by atoms with E-state index in [9.17, 15) is 4.39 Å². The molecule has 2 unspecified atom stereocenters. The highest BCUT2D eigenvalue weighted by Gasteiger charge is 2.27. The van der Waals surface area contributed by atoms with Gasteiger partial charge in [0.25, 0.3) is 0 Å². The van der Waals surface area contributed by atoms with Gasteiger partial charge < -0.3 is 10.5 Å². The van der Waals surface area contributed by atoms with Crippen molar-refractivity contribution in [3.63, 3.8) is 0 Å². The maximum Gasteiger partial charge on any atom is 0.126 e. The molecule has 1 aliphatic heterocycles. The number of fused-ring (bicyclic) bond motifs is 1. The molecule has 2 N–H and O–H groups in total. The zero-order valence-electron chi connectivity index (χ0n) is 11.1. The largest absolute Gasteiger partial charge is 0.485 e. The second kappa shape index (κ2) is 5.08. The van der Waals surface area contributed by atoms with Gasteiger partial charge in [-0.05, 0) is 48.4 Å². The maximum atomic E-state index is 13.3. The van der Waals surface area contributed by atoms with E-state index in [1.165, 1.54) is 6.07 Å². The summed E-state index contributed by atoms with van der Waals surface area (Å²) in [5.41, 5.74) is 8.68. The van der Waals surface area contributed by atoms with Crippen LogP contribution in [-0.4, -0.2) is 0 Å². The molecule has 2 nitrogen and oxygen atoms in total. The molecule has 4 heteroatoms. The molecule has 0 aromatic heterocycles. The number of hydrogen-bond acceptors (Lipinski definition) is 2. The summed E-state index contributed by atoms with van der Waals surface area (Å²) < 4.78 is 19.3. The van der Waals surface area contributed by atoms with Crippen LogP contribution < -0.4 is 10.5 Å². The molecule has 104 valence electrons. The SMILES string of the molecule is Cc1cc(C2CC(N)c3cc(Cl)ccc3O2)ccc1F. The molecule has 3 rings (SSSR count). The van der Waals surface area contributed by atoms with Crippen LogP contribution in [0.1, 0.15) is 35.3 Å². The fraction of sp³-hybridized carbons (Fsp3) is 0.250. The van der Waals surface area contributed by atoms with Gasteiger partial charge in [0.1, 0.15) is 17.7 Å². The Labute approximate surface area is 122 Å². The van der Waals surface area contributed by atoms with Gasteiger partial charge in [-0.25, -0.2) is 4.39 Å². The molecule has 0 fully saturated rings. The number of nitrogens with two attached hydrogens (primary N) is 1. The van der Waals surface area contributed by atoms with Crippen LogP contribution >= 0.6 is 11.6 Å². The molecule has 0 amide bonds. The highest BCUT2D eigenvalue weighted by molar-refractivity contribution is 6.30. The third-order valence-corrected chi connectivity index (χ3v) is 3.90. The molecule has 0 spiro atoms. The fourth-order valence-electron chi connectivity index (χ4n) is 2.55. The topological polar surface area (TPSA) is 35.2 Å². The minimum Gasteiger partial charge on any atom is -0.485 e. The van der Waals surface area contributed by atoms with Crippen LogP contribution in [0.15, 0.2) is 36.4 Å². The molecule has 0 aliphatic carbocycles. The zero-order valence-corrected chi connectivity index (χ0v) is 11.8. The second-order valence-corrected chi connectivity index (χ2v) is 5.58. The fourth-order valence-corrected chi connectivity index (χ4v) is 2.73. The van der Waals surface area contributed by atoms with E-state index in [0.29, 0.717) is 17.0 Å². The van der Waals surface area contributed by atoms with Gasteiger partial charge >= 0.3 is 0 Å². The lowest BCUT2D eigenvalue weighted by molar-refractivity contribution is 0.161. The van der Waals surface area contributed by atoms with Crippen molar-refractivity contribution >= 4 is 11.6 Å². The number of ether oxygens (including phenoxy) is 1. The summed E-state index contributed by atoms with van der Waals surface area (Å²) in [7, 11) is 0. The Morgan fingerprint density at radius 2 is 2.05 bits per heavy atom. The number of halogens is 2. The van der Waals surface area contributed by atoms with Crippen molar-refractivity contribution < 1.29 is 9.13 Å². The van der Waals surface area contributed by atoms with E-state index in [1.807, 2.05) is 18.2 Å². The lowest BCUT2D eigenvalue weighted by Gasteiger charge is -2.30. The van der Waals surface area contributed by atoms with E-state index in [-0.39, 0.29) is 18.0 Å². The predicted molar refractivity (Wildman–Crippen MR) is 77.5 cm³/mol. The predicted octanol–water partition coefficient (Wildman–Crippen LogP) is 4.31. The second-order valence-electron chi connectivity index (χ2n) is 5.14. The highest BCUT2D eigenvalue weighted by atomic mass is 35.5. The lowest BCUT2D eigenvalue weighted by Crippen LogP contribution is -2.24. The number of rotatable bonds is 1. The molecule has 0 radical (unpaired) electrons. The van der Waals surface area contributed by atoms with E-state index < -0.39 is 0 Å². The molecule has 1 aliphatic rings. The molecule has 2 aromatic rings. The van der Waals surface area contributed by atoms with Crippen LogP contribution in [0.25, 0.3) is 0 Å². The van der Waals surface area contributed by atoms with Crippen LogP contribution in [0.3, 0.4) is 0 Å². The quantitative estimate of drug-likeness (QED) is 0.849. The Morgan fingerprint density at radius 3 is 2.80 bits per heavy atom. The van der Waals surface area contributed by atoms with E-state index >= 15 is 0 Å². The first kappa shape index (κ1) is 13.4. The van der Waals surface area contributed by atoms with E-state index in [0.717, 1.165) is 16.9 Å². The van der Waals surface area contributed by atoms with Crippen molar-refractivity contribution in [3.8, 4) is 5.75 Å². The van der Waals surface area contributed by atoms with E-state index in [1.54, 1.807) is 19.1 Å². The smallest absolute Gasteiger partial charge is 0.126 e. The first-order valence-corrected chi connectivity index (χ1v) is 6.90. The normalized spacial score (nSPS) is 21.2. The lowest BCUT2D eigenvalue weighted by atomic mass is 9.93. The average molecular weight is 292 g/mol. The standard InChI is InChI=1S/C16H15ClFNO/c1-9-6-10(2-4-13(9)18)16-8-14(19)12-7-11(17)3-5-15(12)20-16/h2-7,14,16H,8,19H2,1H3. The van der Waals surface area contributed by atoms with Gasteiger partial charge in [-0.3, -0.25) is 0 Å². The van der Waals surface area contributed by atoms with Gasteiger partial charge in [-0.1, -0.05) is 17.7 Å². The number of aryl methyl sites for hydroxylation is 1. The van der Waals surface area contributed by atoms with Crippen LogP contribution in [0.4, 0.5) is 4.39 Å². The Bertz CT molecular complexity index is 659. The molecule has 1 heterocycles. The minimum atomic E-state index is -0.207. The van der Waals surface area contributed by atoms with Crippen LogP contribution in [0.5, 0.6) is 5.75 Å². The summed E-state index contributed by atoms with van der Waals surface area (Å²) in [6, 6.07) is 10.4. The van der Waals surface area contributed by atoms with Gasteiger partial charge in [0.15, 0.2) is 0 Å². The van der Waals surface area contributed by atoms with Crippen molar-refractivity contribution in [3.05, 3.63) is 63.9 Å². The number of benzene rings is 2. The zero-order chi connectivity index (χ0) is 14.3. The Morgan fingerprint density at radius 1 is 1.25 bits per heavy atom. The summed E-state index contributed by atoms with van der Waals surface area (Å²) in [5.74, 6) is 0.543. The first-order valence-electron chi connectivity index (χ1n) is 6.52. The highest BCUT2D eigenvalue weighted by Crippen LogP contribution is 2.40. The molecule has 0 bridgehead atoms. The molecule has 20 heavy (non-hydrogen) atoms. The van der Waals surface area contributed by atoms with Crippen molar-refractivity contribution in [2.75, 3.05) is 0 Å². The summed E-state index contributed by atoms with van der Waals surface area (Å²) in [5, 5.41) is 0.652. The van der Waals surface area contributed by atoms with Gasteiger partial charge in [-0.2, -0.15) is 0 Å². The molecule has 0 saturated heterocycles. The van der Waals surface area contributed by atoms with Gasteiger partial charge in [0.2, 0.25) is 0 Å². The van der Waals surface area contributed by atoms with Crippen LogP contribution in [-0.2, 0) is 0 Å². The van der Waals surface area contributed by atoms with Gasteiger partial charge in [0, 0.05) is 23.0 Å². The molecule has 0 saturated carbocycles. The summed E-state index contributed by atoms with van der Waals surface area (Å²) in [6.45, 7) is 1.75. The number of hydrogen-bond donors (Lipinski definition) is 1. The van der Waals surface area contributed by atoms with E-state index in [2.05, 4.69) is 0 Å². The monoisotopic (exact) mass is 291 g/mol.